The molecule has 3 amide bonds. The molecule has 0 radical (unpaired) electrons. The van der Waals surface area contributed by atoms with Crippen LogP contribution in [0.25, 0.3) is 0 Å². The van der Waals surface area contributed by atoms with Crippen LogP contribution in [0, 0.1) is 5.92 Å². The number of para-hydroxylation sites is 1. The highest BCUT2D eigenvalue weighted by Gasteiger charge is 2.29. The number of nitrogens with one attached hydrogen (secondary N) is 2. The summed E-state index contributed by atoms with van der Waals surface area (Å²) in [6.45, 7) is 3.37. The third kappa shape index (κ3) is 6.97. The molecule has 0 bridgehead atoms. The first-order valence-electron chi connectivity index (χ1n) is 12.4. The molecule has 8 heteroatoms. The SMILES string of the molecule is CCC(NC(=O)COc1cccc(NC(=O)C2CC2)c1)c1ccccc1OCC(=O)N1CCCC1. The van der Waals surface area contributed by atoms with Crippen LogP contribution in [0.5, 0.6) is 11.5 Å². The Kier molecular flexibility index (Phi) is 8.23. The van der Waals surface area contributed by atoms with Gasteiger partial charge in [-0.05, 0) is 50.3 Å². The van der Waals surface area contributed by atoms with Gasteiger partial charge in [0.15, 0.2) is 13.2 Å². The van der Waals surface area contributed by atoms with E-state index in [0.717, 1.165) is 44.3 Å². The van der Waals surface area contributed by atoms with Gasteiger partial charge in [0.2, 0.25) is 5.91 Å². The molecule has 0 spiro atoms. The maximum absolute atomic E-state index is 12.7. The highest BCUT2D eigenvalue weighted by atomic mass is 16.5. The van der Waals surface area contributed by atoms with Crippen LogP contribution in [0.15, 0.2) is 48.5 Å². The monoisotopic (exact) mass is 479 g/mol. The third-order valence-corrected chi connectivity index (χ3v) is 6.27. The number of carbonyl (C=O) groups is 3. The van der Waals surface area contributed by atoms with Crippen LogP contribution in [-0.4, -0.2) is 48.9 Å². The number of hydrogen-bond donors (Lipinski definition) is 2. The van der Waals surface area contributed by atoms with E-state index in [2.05, 4.69) is 10.6 Å². The van der Waals surface area contributed by atoms with Gasteiger partial charge in [0.25, 0.3) is 11.8 Å². The number of nitrogens with zero attached hydrogens (tertiary/aromatic N) is 1. The van der Waals surface area contributed by atoms with E-state index in [-0.39, 0.29) is 42.9 Å². The van der Waals surface area contributed by atoms with Crippen molar-refractivity contribution in [2.75, 3.05) is 31.6 Å². The molecule has 1 saturated carbocycles. The Morgan fingerprint density at radius 3 is 2.51 bits per heavy atom. The van der Waals surface area contributed by atoms with Crippen LogP contribution < -0.4 is 20.1 Å². The number of carbonyl (C=O) groups excluding carboxylic acids is 3. The van der Waals surface area contributed by atoms with Crippen LogP contribution >= 0.6 is 0 Å². The summed E-state index contributed by atoms with van der Waals surface area (Å²) < 4.78 is 11.5. The first-order chi connectivity index (χ1) is 17.0. The van der Waals surface area contributed by atoms with E-state index in [1.807, 2.05) is 36.1 Å². The molecule has 1 unspecified atom stereocenters. The van der Waals surface area contributed by atoms with Crippen LogP contribution in [0.3, 0.4) is 0 Å². The maximum Gasteiger partial charge on any atom is 0.260 e. The maximum atomic E-state index is 12.7. The molecule has 1 aliphatic heterocycles. The molecule has 8 nitrogen and oxygen atoms in total. The molecule has 2 aromatic carbocycles. The molecule has 1 aliphatic carbocycles. The smallest absolute Gasteiger partial charge is 0.260 e. The molecule has 1 atom stereocenters. The Morgan fingerprint density at radius 1 is 1.00 bits per heavy atom. The summed E-state index contributed by atoms with van der Waals surface area (Å²) in [7, 11) is 0. The Labute approximate surface area is 206 Å². The van der Waals surface area contributed by atoms with Gasteiger partial charge >= 0.3 is 0 Å². The largest absolute Gasteiger partial charge is 0.484 e. The zero-order chi connectivity index (χ0) is 24.6. The van der Waals surface area contributed by atoms with Gasteiger partial charge in [-0.15, -0.1) is 0 Å². The molecule has 2 N–H and O–H groups in total. The van der Waals surface area contributed by atoms with Gasteiger partial charge in [0, 0.05) is 36.3 Å². The Morgan fingerprint density at radius 2 is 1.77 bits per heavy atom. The molecule has 2 aliphatic rings. The summed E-state index contributed by atoms with van der Waals surface area (Å²) in [4.78, 5) is 38.8. The van der Waals surface area contributed by atoms with Crippen LogP contribution in [-0.2, 0) is 14.4 Å². The van der Waals surface area contributed by atoms with E-state index in [9.17, 15) is 14.4 Å². The zero-order valence-corrected chi connectivity index (χ0v) is 20.1. The van der Waals surface area contributed by atoms with Gasteiger partial charge in [0.05, 0.1) is 6.04 Å². The number of hydrogen-bond acceptors (Lipinski definition) is 5. The van der Waals surface area contributed by atoms with E-state index >= 15 is 0 Å². The van der Waals surface area contributed by atoms with E-state index in [1.54, 1.807) is 24.3 Å². The lowest BCUT2D eigenvalue weighted by Gasteiger charge is -2.22. The fraction of sp³-hybridized carbons (Fsp3) is 0.444. The quantitative estimate of drug-likeness (QED) is 0.513. The summed E-state index contributed by atoms with van der Waals surface area (Å²) in [5.74, 6) is 0.943. The minimum absolute atomic E-state index is 0.0154. The number of rotatable bonds is 11. The second-order valence-electron chi connectivity index (χ2n) is 9.02. The fourth-order valence-electron chi connectivity index (χ4n) is 4.14. The molecule has 2 aromatic rings. The molecule has 35 heavy (non-hydrogen) atoms. The first kappa shape index (κ1) is 24.6. The lowest BCUT2D eigenvalue weighted by molar-refractivity contribution is -0.132. The topological polar surface area (TPSA) is 97.0 Å². The summed E-state index contributed by atoms with van der Waals surface area (Å²) in [5, 5.41) is 5.88. The van der Waals surface area contributed by atoms with Crippen LogP contribution in [0.1, 0.15) is 50.6 Å². The first-order valence-corrected chi connectivity index (χ1v) is 12.4. The Balaban J connectivity index is 1.30. The average molecular weight is 480 g/mol. The fourth-order valence-corrected chi connectivity index (χ4v) is 4.14. The number of ether oxygens (including phenoxy) is 2. The van der Waals surface area contributed by atoms with Gasteiger partial charge in [-0.2, -0.15) is 0 Å². The number of benzene rings is 2. The van der Waals surface area contributed by atoms with Crippen molar-refractivity contribution in [1.82, 2.24) is 10.2 Å². The van der Waals surface area contributed by atoms with E-state index in [4.69, 9.17) is 9.47 Å². The molecule has 1 saturated heterocycles. The summed E-state index contributed by atoms with van der Waals surface area (Å²) in [6, 6.07) is 14.2. The van der Waals surface area contributed by atoms with Crippen molar-refractivity contribution in [3.63, 3.8) is 0 Å². The number of amides is 3. The predicted octanol–water partition coefficient (Wildman–Crippen LogP) is 3.68. The second-order valence-corrected chi connectivity index (χ2v) is 9.02. The van der Waals surface area contributed by atoms with Gasteiger partial charge < -0.3 is 25.0 Å². The van der Waals surface area contributed by atoms with Crippen molar-refractivity contribution in [3.8, 4) is 11.5 Å². The summed E-state index contributed by atoms with van der Waals surface area (Å²) in [6.07, 6.45) is 4.59. The highest BCUT2D eigenvalue weighted by Crippen LogP contribution is 2.31. The van der Waals surface area contributed by atoms with E-state index in [1.165, 1.54) is 0 Å². The highest BCUT2D eigenvalue weighted by molar-refractivity contribution is 5.94. The van der Waals surface area contributed by atoms with Crippen molar-refractivity contribution in [2.24, 2.45) is 5.92 Å². The van der Waals surface area contributed by atoms with Crippen molar-refractivity contribution in [3.05, 3.63) is 54.1 Å². The van der Waals surface area contributed by atoms with Crippen molar-refractivity contribution in [1.29, 1.82) is 0 Å². The minimum atomic E-state index is -0.284. The molecule has 1 heterocycles. The van der Waals surface area contributed by atoms with Gasteiger partial charge in [0.1, 0.15) is 11.5 Å². The van der Waals surface area contributed by atoms with Crippen molar-refractivity contribution < 1.29 is 23.9 Å². The third-order valence-electron chi connectivity index (χ3n) is 6.27. The van der Waals surface area contributed by atoms with Crippen LogP contribution in [0.4, 0.5) is 5.69 Å². The van der Waals surface area contributed by atoms with Gasteiger partial charge in [-0.25, -0.2) is 0 Å². The van der Waals surface area contributed by atoms with Crippen molar-refractivity contribution >= 4 is 23.4 Å². The summed E-state index contributed by atoms with van der Waals surface area (Å²) in [5.41, 5.74) is 1.48. The second kappa shape index (κ2) is 11.7. The lowest BCUT2D eigenvalue weighted by Crippen LogP contribution is -2.34. The Bertz CT molecular complexity index is 1050. The molecule has 2 fully saturated rings. The predicted molar refractivity (Wildman–Crippen MR) is 132 cm³/mol. The van der Waals surface area contributed by atoms with Crippen molar-refractivity contribution in [2.45, 2.75) is 45.1 Å². The molecule has 4 rings (SSSR count). The van der Waals surface area contributed by atoms with Gasteiger partial charge in [-0.3, -0.25) is 14.4 Å². The lowest BCUT2D eigenvalue weighted by atomic mass is 10.0. The van der Waals surface area contributed by atoms with Gasteiger partial charge in [-0.1, -0.05) is 31.2 Å². The molecule has 186 valence electrons. The van der Waals surface area contributed by atoms with Crippen LogP contribution in [0.2, 0.25) is 0 Å². The standard InChI is InChI=1S/C27H33N3O5/c1-2-23(22-10-3-4-11-24(22)35-18-26(32)30-14-5-6-15-30)29-25(31)17-34-21-9-7-8-20(16-21)28-27(33)19-12-13-19/h3-4,7-11,16,19,23H,2,5-6,12-15,17-18H2,1H3,(H,28,33)(H,29,31). The number of likely N-dealkylation sites (tertiary alicyclic amines) is 1. The average Bonchev–Trinajstić information content (AvgIpc) is 3.59. The molecular weight excluding hydrogens is 446 g/mol. The summed E-state index contributed by atoms with van der Waals surface area (Å²) >= 11 is 0. The van der Waals surface area contributed by atoms with E-state index < -0.39 is 0 Å². The minimum Gasteiger partial charge on any atom is -0.484 e. The Hall–Kier alpha value is -3.55. The van der Waals surface area contributed by atoms with E-state index in [0.29, 0.717) is 23.6 Å². The molecular formula is C27H33N3O5. The number of anilines is 1. The molecule has 0 aromatic heterocycles. The zero-order valence-electron chi connectivity index (χ0n) is 20.1. The normalized spacial score (nSPS) is 15.9.